The standard InChI is InChI=1S/C12H21N5O2/c1-8-13-10(16-17(8)4)15-11(18)14-9-5-6-19-12(2,3)7-9/h9H,5-7H2,1-4H3,(H2,14,15,16,18). The molecule has 2 heterocycles. The summed E-state index contributed by atoms with van der Waals surface area (Å²) >= 11 is 0. The molecule has 1 aromatic heterocycles. The van der Waals surface area contributed by atoms with E-state index in [-0.39, 0.29) is 17.7 Å². The molecule has 1 saturated heterocycles. The number of nitrogens with zero attached hydrogens (tertiary/aromatic N) is 3. The molecule has 106 valence electrons. The van der Waals surface area contributed by atoms with E-state index in [1.54, 1.807) is 11.7 Å². The van der Waals surface area contributed by atoms with E-state index >= 15 is 0 Å². The van der Waals surface area contributed by atoms with Gasteiger partial charge in [0, 0.05) is 19.7 Å². The van der Waals surface area contributed by atoms with E-state index in [0.717, 1.165) is 18.7 Å². The Morgan fingerprint density at radius 3 is 2.84 bits per heavy atom. The van der Waals surface area contributed by atoms with Crippen LogP contribution >= 0.6 is 0 Å². The molecule has 0 bridgehead atoms. The van der Waals surface area contributed by atoms with Crippen LogP contribution in [0.4, 0.5) is 10.7 Å². The molecule has 0 saturated carbocycles. The van der Waals surface area contributed by atoms with Crippen molar-refractivity contribution in [2.75, 3.05) is 11.9 Å². The first-order valence-electron chi connectivity index (χ1n) is 6.45. The predicted molar refractivity (Wildman–Crippen MR) is 70.9 cm³/mol. The van der Waals surface area contributed by atoms with Crippen LogP contribution < -0.4 is 10.6 Å². The summed E-state index contributed by atoms with van der Waals surface area (Å²) in [7, 11) is 1.78. The van der Waals surface area contributed by atoms with Crippen LogP contribution in [0.2, 0.25) is 0 Å². The van der Waals surface area contributed by atoms with Gasteiger partial charge < -0.3 is 10.1 Å². The molecule has 19 heavy (non-hydrogen) atoms. The fraction of sp³-hybridized carbons (Fsp3) is 0.750. The van der Waals surface area contributed by atoms with Gasteiger partial charge in [-0.25, -0.2) is 4.79 Å². The Bertz CT molecular complexity index is 449. The van der Waals surface area contributed by atoms with Gasteiger partial charge >= 0.3 is 6.03 Å². The Morgan fingerprint density at radius 1 is 1.53 bits per heavy atom. The lowest BCUT2D eigenvalue weighted by molar-refractivity contribution is -0.0609. The van der Waals surface area contributed by atoms with Crippen LogP contribution in [0.5, 0.6) is 0 Å². The molecule has 1 atom stereocenters. The molecular weight excluding hydrogens is 246 g/mol. The van der Waals surface area contributed by atoms with Gasteiger partial charge in [-0.1, -0.05) is 0 Å². The summed E-state index contributed by atoms with van der Waals surface area (Å²) in [6, 6.07) is -0.151. The minimum atomic E-state index is -0.270. The maximum atomic E-state index is 11.9. The number of anilines is 1. The van der Waals surface area contributed by atoms with Gasteiger partial charge in [0.2, 0.25) is 5.95 Å². The molecule has 7 heteroatoms. The molecule has 1 aliphatic heterocycles. The summed E-state index contributed by atoms with van der Waals surface area (Å²) in [4.78, 5) is 16.0. The van der Waals surface area contributed by atoms with Crippen LogP contribution in [-0.2, 0) is 11.8 Å². The topological polar surface area (TPSA) is 81.1 Å². The number of aromatic nitrogens is 3. The van der Waals surface area contributed by atoms with E-state index in [9.17, 15) is 4.79 Å². The van der Waals surface area contributed by atoms with Crippen LogP contribution in [-0.4, -0.2) is 39.0 Å². The third-order valence-corrected chi connectivity index (χ3v) is 3.24. The average Bonchev–Trinajstić information content (AvgIpc) is 2.55. The number of nitrogens with one attached hydrogen (secondary N) is 2. The summed E-state index contributed by atoms with van der Waals surface area (Å²) in [5.74, 6) is 1.08. The molecule has 2 N–H and O–H groups in total. The Morgan fingerprint density at radius 2 is 2.26 bits per heavy atom. The Labute approximate surface area is 112 Å². The predicted octanol–water partition coefficient (Wildman–Crippen LogP) is 1.20. The number of amides is 2. The van der Waals surface area contributed by atoms with Crippen molar-refractivity contribution in [2.45, 2.75) is 45.3 Å². The zero-order chi connectivity index (χ0) is 14.0. The highest BCUT2D eigenvalue weighted by Gasteiger charge is 2.29. The molecule has 0 aromatic carbocycles. The molecule has 0 radical (unpaired) electrons. The summed E-state index contributed by atoms with van der Waals surface area (Å²) in [6.07, 6.45) is 1.63. The number of urea groups is 1. The maximum absolute atomic E-state index is 11.9. The maximum Gasteiger partial charge on any atom is 0.321 e. The molecule has 1 aromatic rings. The smallest absolute Gasteiger partial charge is 0.321 e. The Hall–Kier alpha value is -1.63. The van der Waals surface area contributed by atoms with Crippen molar-refractivity contribution in [1.82, 2.24) is 20.1 Å². The number of aryl methyl sites for hydroxylation is 2. The number of hydrogen-bond acceptors (Lipinski definition) is 4. The minimum Gasteiger partial charge on any atom is -0.375 e. The van der Waals surface area contributed by atoms with Crippen LogP contribution in [0.25, 0.3) is 0 Å². The van der Waals surface area contributed by atoms with Crippen LogP contribution in [0.1, 0.15) is 32.5 Å². The van der Waals surface area contributed by atoms with Gasteiger partial charge in [0.05, 0.1) is 5.60 Å². The van der Waals surface area contributed by atoms with Gasteiger partial charge in [-0.2, -0.15) is 4.98 Å². The Balaban J connectivity index is 1.87. The highest BCUT2D eigenvalue weighted by Crippen LogP contribution is 2.23. The fourth-order valence-corrected chi connectivity index (χ4v) is 2.19. The van der Waals surface area contributed by atoms with E-state index in [1.807, 2.05) is 20.8 Å². The zero-order valence-electron chi connectivity index (χ0n) is 11.9. The number of rotatable bonds is 2. The molecule has 7 nitrogen and oxygen atoms in total. The third-order valence-electron chi connectivity index (χ3n) is 3.24. The molecular formula is C12H21N5O2. The largest absolute Gasteiger partial charge is 0.375 e. The third kappa shape index (κ3) is 3.66. The summed E-state index contributed by atoms with van der Waals surface area (Å²) < 4.78 is 7.23. The second-order valence-electron chi connectivity index (χ2n) is 5.50. The van der Waals surface area contributed by atoms with E-state index in [2.05, 4.69) is 20.7 Å². The normalized spacial score (nSPS) is 22.0. The summed E-state index contributed by atoms with van der Waals surface area (Å²) in [6.45, 7) is 6.56. The van der Waals surface area contributed by atoms with Gasteiger partial charge in [-0.05, 0) is 33.6 Å². The average molecular weight is 267 g/mol. The second kappa shape index (κ2) is 5.16. The van der Waals surface area contributed by atoms with E-state index in [1.165, 1.54) is 0 Å². The second-order valence-corrected chi connectivity index (χ2v) is 5.50. The molecule has 1 unspecified atom stereocenters. The Kier molecular flexibility index (Phi) is 3.75. The monoisotopic (exact) mass is 267 g/mol. The summed E-state index contributed by atoms with van der Waals surface area (Å²) in [5, 5.41) is 9.66. The molecule has 0 aliphatic carbocycles. The van der Waals surface area contributed by atoms with Crippen molar-refractivity contribution >= 4 is 12.0 Å². The molecule has 2 rings (SSSR count). The first-order valence-corrected chi connectivity index (χ1v) is 6.45. The fourth-order valence-electron chi connectivity index (χ4n) is 2.19. The van der Waals surface area contributed by atoms with Gasteiger partial charge in [0.15, 0.2) is 0 Å². The van der Waals surface area contributed by atoms with Gasteiger partial charge in [-0.15, -0.1) is 5.10 Å². The molecule has 1 fully saturated rings. The van der Waals surface area contributed by atoms with Crippen molar-refractivity contribution in [2.24, 2.45) is 7.05 Å². The molecule has 2 amide bonds. The SMILES string of the molecule is Cc1nc(NC(=O)NC2CCOC(C)(C)C2)nn1C. The van der Waals surface area contributed by atoms with Crippen molar-refractivity contribution in [3.8, 4) is 0 Å². The van der Waals surface area contributed by atoms with Crippen LogP contribution in [0, 0.1) is 6.92 Å². The number of hydrogen-bond donors (Lipinski definition) is 2. The van der Waals surface area contributed by atoms with Crippen LogP contribution in [0.15, 0.2) is 0 Å². The first kappa shape index (κ1) is 13.8. The lowest BCUT2D eigenvalue weighted by Crippen LogP contribution is -2.47. The lowest BCUT2D eigenvalue weighted by Gasteiger charge is -2.35. The number of carbonyl (C=O) groups excluding carboxylic acids is 1. The highest BCUT2D eigenvalue weighted by atomic mass is 16.5. The van der Waals surface area contributed by atoms with Gasteiger partial charge in [-0.3, -0.25) is 10.00 Å². The number of carbonyl (C=O) groups is 1. The van der Waals surface area contributed by atoms with Crippen molar-refractivity contribution in [3.63, 3.8) is 0 Å². The number of ether oxygens (including phenoxy) is 1. The first-order chi connectivity index (χ1) is 8.85. The van der Waals surface area contributed by atoms with Crippen molar-refractivity contribution < 1.29 is 9.53 Å². The van der Waals surface area contributed by atoms with E-state index in [4.69, 9.17) is 4.74 Å². The van der Waals surface area contributed by atoms with Gasteiger partial charge in [0.1, 0.15) is 5.82 Å². The molecule has 1 aliphatic rings. The summed E-state index contributed by atoms with van der Waals surface area (Å²) in [5.41, 5.74) is -0.184. The highest BCUT2D eigenvalue weighted by molar-refractivity contribution is 5.87. The van der Waals surface area contributed by atoms with Gasteiger partial charge in [0.25, 0.3) is 0 Å². The van der Waals surface area contributed by atoms with Crippen LogP contribution in [0.3, 0.4) is 0 Å². The minimum absolute atomic E-state index is 0.119. The van der Waals surface area contributed by atoms with Crippen molar-refractivity contribution in [1.29, 1.82) is 0 Å². The van der Waals surface area contributed by atoms with Crippen molar-refractivity contribution in [3.05, 3.63) is 5.82 Å². The zero-order valence-corrected chi connectivity index (χ0v) is 11.9. The quantitative estimate of drug-likeness (QED) is 0.843. The van der Waals surface area contributed by atoms with E-state index in [0.29, 0.717) is 12.6 Å². The lowest BCUT2D eigenvalue weighted by atomic mass is 9.94. The molecule has 0 spiro atoms. The van der Waals surface area contributed by atoms with E-state index < -0.39 is 0 Å².